The number of benzene rings is 2. The number of fused-ring (bicyclic) bond motifs is 1. The molecule has 0 aliphatic heterocycles. The first kappa shape index (κ1) is 27.4. The number of halogens is 1. The highest BCUT2D eigenvalue weighted by Crippen LogP contribution is 2.42. The van der Waals surface area contributed by atoms with Crippen molar-refractivity contribution < 1.29 is 18.9 Å². The molecule has 3 aromatic heterocycles. The van der Waals surface area contributed by atoms with Crippen molar-refractivity contribution in [3.8, 4) is 39.4 Å². The normalized spacial score (nSPS) is 11.0. The third-order valence-corrected chi connectivity index (χ3v) is 7.54. The monoisotopic (exact) mass is 577 g/mol. The molecule has 0 unspecified atom stereocenters. The van der Waals surface area contributed by atoms with Gasteiger partial charge in [-0.15, -0.1) is 10.2 Å². The number of ether oxygens (including phenoxy) is 4. The van der Waals surface area contributed by atoms with Crippen LogP contribution in [0.5, 0.6) is 28.9 Å². The SMILES string of the molecule is COc1ccc(CNc2ncc(-c3nnc(C)s3)c3cc(Cl)nc(Oc4c(C)ccc(OC)c4C)c23)c(OC)c1. The fraction of sp³-hybridized carbons (Fsp3) is 0.241. The lowest BCUT2D eigenvalue weighted by atomic mass is 10.1. The van der Waals surface area contributed by atoms with Gasteiger partial charge < -0.3 is 24.3 Å². The van der Waals surface area contributed by atoms with E-state index in [0.29, 0.717) is 46.6 Å². The summed E-state index contributed by atoms with van der Waals surface area (Å²) in [5.74, 6) is 3.61. The van der Waals surface area contributed by atoms with Crippen molar-refractivity contribution in [2.45, 2.75) is 27.3 Å². The number of pyridine rings is 2. The van der Waals surface area contributed by atoms with E-state index in [2.05, 4.69) is 20.5 Å². The Kier molecular flexibility index (Phi) is 7.90. The molecule has 2 aromatic carbocycles. The molecule has 0 aliphatic rings. The minimum absolute atomic E-state index is 0.275. The Morgan fingerprint density at radius 2 is 1.73 bits per heavy atom. The van der Waals surface area contributed by atoms with Gasteiger partial charge in [0.15, 0.2) is 0 Å². The summed E-state index contributed by atoms with van der Waals surface area (Å²) in [6, 6.07) is 11.3. The number of nitrogens with zero attached hydrogens (tertiary/aromatic N) is 4. The second-order valence-electron chi connectivity index (χ2n) is 8.99. The Labute approximate surface area is 241 Å². The smallest absolute Gasteiger partial charge is 0.232 e. The van der Waals surface area contributed by atoms with E-state index in [0.717, 1.165) is 37.7 Å². The van der Waals surface area contributed by atoms with Gasteiger partial charge in [0.2, 0.25) is 5.88 Å². The second-order valence-corrected chi connectivity index (χ2v) is 10.6. The van der Waals surface area contributed by atoms with Gasteiger partial charge in [0.1, 0.15) is 44.0 Å². The van der Waals surface area contributed by atoms with Crippen molar-refractivity contribution in [3.05, 3.63) is 69.4 Å². The molecule has 40 heavy (non-hydrogen) atoms. The van der Waals surface area contributed by atoms with Crippen LogP contribution < -0.4 is 24.3 Å². The quantitative estimate of drug-likeness (QED) is 0.183. The zero-order chi connectivity index (χ0) is 28.4. The minimum Gasteiger partial charge on any atom is -0.497 e. The van der Waals surface area contributed by atoms with E-state index in [-0.39, 0.29) is 5.15 Å². The zero-order valence-corrected chi connectivity index (χ0v) is 24.5. The summed E-state index contributed by atoms with van der Waals surface area (Å²) in [6.07, 6.45) is 1.76. The van der Waals surface area contributed by atoms with Crippen LogP contribution >= 0.6 is 22.9 Å². The van der Waals surface area contributed by atoms with Crippen LogP contribution in [-0.2, 0) is 6.54 Å². The van der Waals surface area contributed by atoms with E-state index in [9.17, 15) is 0 Å². The van der Waals surface area contributed by atoms with Crippen molar-refractivity contribution in [1.82, 2.24) is 20.2 Å². The number of nitrogens with one attached hydrogen (secondary N) is 1. The first-order chi connectivity index (χ1) is 19.3. The standard InChI is InChI=1S/C29H28ClN5O4S/c1-15-7-10-22(37-5)16(2)26(15)39-28-25-20(12-24(30)33-28)21(29-35-34-17(3)40-29)14-32-27(25)31-13-18-8-9-19(36-4)11-23(18)38-6/h7-12,14H,13H2,1-6H3,(H,31,32). The molecule has 206 valence electrons. The molecule has 0 radical (unpaired) electrons. The van der Waals surface area contributed by atoms with E-state index in [1.54, 1.807) is 33.6 Å². The molecule has 0 spiro atoms. The van der Waals surface area contributed by atoms with Gasteiger partial charge in [-0.3, -0.25) is 0 Å². The molecule has 1 N–H and O–H groups in total. The molecule has 9 nitrogen and oxygen atoms in total. The van der Waals surface area contributed by atoms with E-state index in [1.807, 2.05) is 51.1 Å². The molecule has 5 rings (SSSR count). The van der Waals surface area contributed by atoms with Crippen LogP contribution in [0.25, 0.3) is 21.3 Å². The molecule has 0 aliphatic carbocycles. The number of anilines is 1. The Morgan fingerprint density at radius 3 is 2.42 bits per heavy atom. The van der Waals surface area contributed by atoms with Crippen LogP contribution in [0.2, 0.25) is 5.15 Å². The first-order valence-electron chi connectivity index (χ1n) is 12.4. The molecule has 0 fully saturated rings. The summed E-state index contributed by atoms with van der Waals surface area (Å²) in [5.41, 5.74) is 3.47. The largest absolute Gasteiger partial charge is 0.497 e. The van der Waals surface area contributed by atoms with Gasteiger partial charge in [-0.05, 0) is 50.6 Å². The lowest BCUT2D eigenvalue weighted by molar-refractivity contribution is 0.391. The molecule has 0 amide bonds. The molecule has 0 saturated heterocycles. The Balaban J connectivity index is 1.67. The number of hydrogen-bond acceptors (Lipinski definition) is 10. The van der Waals surface area contributed by atoms with Crippen LogP contribution in [0.3, 0.4) is 0 Å². The average Bonchev–Trinajstić information content (AvgIpc) is 3.39. The van der Waals surface area contributed by atoms with Gasteiger partial charge in [0.05, 0.1) is 26.7 Å². The second kappa shape index (κ2) is 11.5. The summed E-state index contributed by atoms with van der Waals surface area (Å²) in [4.78, 5) is 9.38. The van der Waals surface area contributed by atoms with Crippen molar-refractivity contribution in [2.24, 2.45) is 0 Å². The molecule has 11 heteroatoms. The number of methoxy groups -OCH3 is 3. The van der Waals surface area contributed by atoms with Gasteiger partial charge in [0, 0.05) is 40.9 Å². The van der Waals surface area contributed by atoms with Crippen molar-refractivity contribution in [1.29, 1.82) is 0 Å². The molecule has 0 atom stereocenters. The third-order valence-electron chi connectivity index (χ3n) is 6.47. The van der Waals surface area contributed by atoms with Gasteiger partial charge in [-0.25, -0.2) is 9.97 Å². The lowest BCUT2D eigenvalue weighted by Gasteiger charge is -2.18. The maximum Gasteiger partial charge on any atom is 0.232 e. The van der Waals surface area contributed by atoms with Crippen LogP contribution in [0, 0.1) is 20.8 Å². The summed E-state index contributed by atoms with van der Waals surface area (Å²) in [5, 5.41) is 15.3. The summed E-state index contributed by atoms with van der Waals surface area (Å²) in [6.45, 7) is 6.24. The molecular formula is C29H28ClN5O4S. The van der Waals surface area contributed by atoms with Gasteiger partial charge in [-0.2, -0.15) is 0 Å². The summed E-state index contributed by atoms with van der Waals surface area (Å²) in [7, 11) is 4.88. The van der Waals surface area contributed by atoms with Crippen LogP contribution in [0.4, 0.5) is 5.82 Å². The molecular weight excluding hydrogens is 550 g/mol. The van der Waals surface area contributed by atoms with E-state index < -0.39 is 0 Å². The number of aryl methyl sites for hydroxylation is 2. The topological polar surface area (TPSA) is 101 Å². The number of aromatic nitrogens is 4. The third kappa shape index (κ3) is 5.32. The van der Waals surface area contributed by atoms with E-state index in [4.69, 9.17) is 35.5 Å². The van der Waals surface area contributed by atoms with Crippen molar-refractivity contribution in [3.63, 3.8) is 0 Å². The Morgan fingerprint density at radius 1 is 0.925 bits per heavy atom. The van der Waals surface area contributed by atoms with Crippen molar-refractivity contribution in [2.75, 3.05) is 26.6 Å². The lowest BCUT2D eigenvalue weighted by Crippen LogP contribution is -2.06. The summed E-state index contributed by atoms with van der Waals surface area (Å²) < 4.78 is 23.0. The first-order valence-corrected chi connectivity index (χ1v) is 13.6. The minimum atomic E-state index is 0.275. The van der Waals surface area contributed by atoms with Gasteiger partial charge in [-0.1, -0.05) is 29.0 Å². The fourth-order valence-corrected chi connectivity index (χ4v) is 5.34. The zero-order valence-electron chi connectivity index (χ0n) is 23.0. The van der Waals surface area contributed by atoms with E-state index >= 15 is 0 Å². The summed E-state index contributed by atoms with van der Waals surface area (Å²) >= 11 is 8.04. The fourth-order valence-electron chi connectivity index (χ4n) is 4.44. The Bertz CT molecular complexity index is 1710. The Hall–Kier alpha value is -4.15. The van der Waals surface area contributed by atoms with E-state index in [1.165, 1.54) is 11.3 Å². The van der Waals surface area contributed by atoms with Gasteiger partial charge >= 0.3 is 0 Å². The van der Waals surface area contributed by atoms with Crippen LogP contribution in [-0.4, -0.2) is 41.5 Å². The predicted molar refractivity (Wildman–Crippen MR) is 158 cm³/mol. The average molecular weight is 578 g/mol. The molecule has 0 bridgehead atoms. The molecule has 3 heterocycles. The highest BCUT2D eigenvalue weighted by atomic mass is 35.5. The van der Waals surface area contributed by atoms with Crippen molar-refractivity contribution >= 4 is 39.5 Å². The molecule has 0 saturated carbocycles. The van der Waals surface area contributed by atoms with Gasteiger partial charge in [0.25, 0.3) is 0 Å². The van der Waals surface area contributed by atoms with Crippen LogP contribution in [0.1, 0.15) is 21.7 Å². The number of hydrogen-bond donors (Lipinski definition) is 1. The predicted octanol–water partition coefficient (Wildman–Crippen LogP) is 7.16. The number of rotatable bonds is 9. The maximum atomic E-state index is 6.57. The highest BCUT2D eigenvalue weighted by Gasteiger charge is 2.21. The van der Waals surface area contributed by atoms with Crippen LogP contribution in [0.15, 0.2) is 42.6 Å². The maximum absolute atomic E-state index is 6.57. The molecule has 5 aromatic rings. The highest BCUT2D eigenvalue weighted by molar-refractivity contribution is 7.14.